The molecule has 0 spiro atoms. The molecule has 1 aliphatic heterocycles. The Morgan fingerprint density at radius 1 is 1.24 bits per heavy atom. The first-order chi connectivity index (χ1) is 14.0. The lowest BCUT2D eigenvalue weighted by Crippen LogP contribution is -2.24. The molecule has 0 bridgehead atoms. The van der Waals surface area contributed by atoms with Crippen LogP contribution in [0.1, 0.15) is 37.1 Å². The molecule has 4 rings (SSSR count). The van der Waals surface area contributed by atoms with Crippen LogP contribution >= 0.6 is 11.6 Å². The lowest BCUT2D eigenvalue weighted by Gasteiger charge is -2.18. The van der Waals surface area contributed by atoms with E-state index in [1.165, 1.54) is 0 Å². The van der Waals surface area contributed by atoms with Crippen molar-refractivity contribution in [3.63, 3.8) is 0 Å². The number of rotatable bonds is 6. The summed E-state index contributed by atoms with van der Waals surface area (Å²) in [5.74, 6) is 1.62. The highest BCUT2D eigenvalue weighted by atomic mass is 35.5. The van der Waals surface area contributed by atoms with Gasteiger partial charge in [-0.05, 0) is 55.3 Å². The van der Waals surface area contributed by atoms with Gasteiger partial charge in [0.1, 0.15) is 5.75 Å². The Balaban J connectivity index is 1.49. The van der Waals surface area contributed by atoms with Gasteiger partial charge in [-0.25, -0.2) is 0 Å². The molecule has 2 aromatic carbocycles. The highest BCUT2D eigenvalue weighted by Gasteiger charge is 2.36. The number of nitrogens with zero attached hydrogens (tertiary/aromatic N) is 3. The van der Waals surface area contributed by atoms with Gasteiger partial charge in [0.05, 0.1) is 23.2 Å². The van der Waals surface area contributed by atoms with Crippen molar-refractivity contribution in [3.05, 3.63) is 58.9 Å². The van der Waals surface area contributed by atoms with E-state index in [4.69, 9.17) is 20.9 Å². The minimum Gasteiger partial charge on any atom is -0.494 e. The number of hydrogen-bond donors (Lipinski definition) is 0. The zero-order valence-electron chi connectivity index (χ0n) is 16.4. The minimum atomic E-state index is -0.159. The Labute approximate surface area is 174 Å². The molecule has 0 saturated carbocycles. The van der Waals surface area contributed by atoms with Gasteiger partial charge in [0, 0.05) is 18.5 Å². The van der Waals surface area contributed by atoms with E-state index in [2.05, 4.69) is 17.1 Å². The lowest BCUT2D eigenvalue weighted by molar-refractivity contribution is -0.117. The molecule has 6 nitrogen and oxygen atoms in total. The first-order valence-corrected chi connectivity index (χ1v) is 10.1. The van der Waals surface area contributed by atoms with Gasteiger partial charge in [-0.15, -0.1) is 0 Å². The van der Waals surface area contributed by atoms with E-state index >= 15 is 0 Å². The molecular weight excluding hydrogens is 390 g/mol. The van der Waals surface area contributed by atoms with Gasteiger partial charge < -0.3 is 14.2 Å². The summed E-state index contributed by atoms with van der Waals surface area (Å²) < 4.78 is 11.1. The van der Waals surface area contributed by atoms with E-state index in [0.717, 1.165) is 23.3 Å². The number of carbonyl (C=O) groups is 1. The van der Waals surface area contributed by atoms with Crippen molar-refractivity contribution in [2.75, 3.05) is 18.1 Å². The van der Waals surface area contributed by atoms with Crippen LogP contribution in [0.15, 0.2) is 47.0 Å². The zero-order chi connectivity index (χ0) is 20.4. The molecule has 0 radical (unpaired) electrons. The Hall–Kier alpha value is -2.86. The van der Waals surface area contributed by atoms with Crippen molar-refractivity contribution >= 4 is 23.2 Å². The van der Waals surface area contributed by atoms with E-state index in [-0.39, 0.29) is 11.8 Å². The summed E-state index contributed by atoms with van der Waals surface area (Å²) in [5, 5.41) is 4.66. The number of aromatic nitrogens is 2. The number of ether oxygens (including phenoxy) is 1. The number of aryl methyl sites for hydroxylation is 1. The molecule has 1 unspecified atom stereocenters. The van der Waals surface area contributed by atoms with E-state index in [9.17, 15) is 4.79 Å². The smallest absolute Gasteiger partial charge is 0.232 e. The SMILES string of the molecule is CCCOc1ccc(-c2noc(C3CC(=O)N(c4ccc(C)cc4Cl)C3)n2)cc1. The van der Waals surface area contributed by atoms with Gasteiger partial charge in [-0.1, -0.05) is 29.7 Å². The first-order valence-electron chi connectivity index (χ1n) is 9.68. The molecule has 1 atom stereocenters. The van der Waals surface area contributed by atoms with Crippen LogP contribution in [0.3, 0.4) is 0 Å². The van der Waals surface area contributed by atoms with E-state index in [1.807, 2.05) is 49.4 Å². The Morgan fingerprint density at radius 2 is 2.03 bits per heavy atom. The number of anilines is 1. The molecule has 29 heavy (non-hydrogen) atoms. The normalized spacial score (nSPS) is 16.4. The Kier molecular flexibility index (Phi) is 5.53. The molecular formula is C22H22ClN3O3. The van der Waals surface area contributed by atoms with Gasteiger partial charge in [0.25, 0.3) is 0 Å². The summed E-state index contributed by atoms with van der Waals surface area (Å²) in [6.07, 6.45) is 1.27. The van der Waals surface area contributed by atoms with Crippen LogP contribution in [0.2, 0.25) is 5.02 Å². The summed E-state index contributed by atoms with van der Waals surface area (Å²) >= 11 is 6.34. The van der Waals surface area contributed by atoms with Gasteiger partial charge >= 0.3 is 0 Å². The number of carbonyl (C=O) groups excluding carboxylic acids is 1. The van der Waals surface area contributed by atoms with Crippen LogP contribution in [0.25, 0.3) is 11.4 Å². The molecule has 0 N–H and O–H groups in total. The second kappa shape index (κ2) is 8.25. The summed E-state index contributed by atoms with van der Waals surface area (Å²) in [6.45, 7) is 5.18. The summed E-state index contributed by atoms with van der Waals surface area (Å²) in [7, 11) is 0. The van der Waals surface area contributed by atoms with Gasteiger partial charge in [-0.3, -0.25) is 4.79 Å². The van der Waals surface area contributed by atoms with Crippen molar-refractivity contribution in [1.29, 1.82) is 0 Å². The third kappa shape index (κ3) is 4.12. The molecule has 150 valence electrons. The van der Waals surface area contributed by atoms with Gasteiger partial charge in [0.2, 0.25) is 17.6 Å². The van der Waals surface area contributed by atoms with Crippen molar-refractivity contribution in [2.24, 2.45) is 0 Å². The van der Waals surface area contributed by atoms with Crippen LogP contribution in [0.5, 0.6) is 5.75 Å². The third-order valence-electron chi connectivity index (χ3n) is 4.90. The van der Waals surface area contributed by atoms with Crippen LogP contribution in [-0.4, -0.2) is 29.2 Å². The number of amides is 1. The Bertz CT molecular complexity index is 1020. The highest BCUT2D eigenvalue weighted by molar-refractivity contribution is 6.34. The summed E-state index contributed by atoms with van der Waals surface area (Å²) in [6, 6.07) is 13.3. The maximum atomic E-state index is 12.6. The maximum absolute atomic E-state index is 12.6. The minimum absolute atomic E-state index is 0.00192. The highest BCUT2D eigenvalue weighted by Crippen LogP contribution is 2.35. The first kappa shape index (κ1) is 19.5. The van der Waals surface area contributed by atoms with Crippen LogP contribution in [-0.2, 0) is 4.79 Å². The summed E-state index contributed by atoms with van der Waals surface area (Å²) in [4.78, 5) is 18.8. The molecule has 0 aliphatic carbocycles. The zero-order valence-corrected chi connectivity index (χ0v) is 17.1. The van der Waals surface area contributed by atoms with E-state index in [1.54, 1.807) is 4.90 Å². The van der Waals surface area contributed by atoms with Crippen LogP contribution < -0.4 is 9.64 Å². The van der Waals surface area contributed by atoms with Gasteiger partial charge in [0.15, 0.2) is 0 Å². The quantitative estimate of drug-likeness (QED) is 0.570. The largest absolute Gasteiger partial charge is 0.494 e. The summed E-state index contributed by atoms with van der Waals surface area (Å²) in [5.41, 5.74) is 2.60. The fourth-order valence-electron chi connectivity index (χ4n) is 3.38. The van der Waals surface area contributed by atoms with E-state index in [0.29, 0.717) is 42.0 Å². The van der Waals surface area contributed by atoms with Crippen LogP contribution in [0, 0.1) is 6.92 Å². The average Bonchev–Trinajstić information content (AvgIpc) is 3.34. The molecule has 1 aromatic heterocycles. The predicted octanol–water partition coefficient (Wildman–Crippen LogP) is 5.01. The van der Waals surface area contributed by atoms with Crippen molar-refractivity contribution in [3.8, 4) is 17.1 Å². The second-order valence-electron chi connectivity index (χ2n) is 7.19. The fraction of sp³-hybridized carbons (Fsp3) is 0.318. The van der Waals surface area contributed by atoms with Crippen molar-refractivity contribution in [2.45, 2.75) is 32.6 Å². The third-order valence-corrected chi connectivity index (χ3v) is 5.20. The van der Waals surface area contributed by atoms with Crippen LogP contribution in [0.4, 0.5) is 5.69 Å². The number of halogens is 1. The standard InChI is InChI=1S/C22H22ClN3O3/c1-3-10-28-17-7-5-15(6-8-17)21-24-22(29-25-21)16-12-20(27)26(13-16)19-9-4-14(2)11-18(19)23/h4-9,11,16H,3,10,12-13H2,1-2H3. The predicted molar refractivity (Wildman–Crippen MR) is 111 cm³/mol. The molecule has 7 heteroatoms. The van der Waals surface area contributed by atoms with E-state index < -0.39 is 0 Å². The monoisotopic (exact) mass is 411 g/mol. The molecule has 1 aliphatic rings. The van der Waals surface area contributed by atoms with Crippen molar-refractivity contribution < 1.29 is 14.1 Å². The maximum Gasteiger partial charge on any atom is 0.232 e. The molecule has 1 amide bonds. The number of hydrogen-bond acceptors (Lipinski definition) is 5. The number of benzene rings is 2. The molecule has 1 saturated heterocycles. The lowest BCUT2D eigenvalue weighted by atomic mass is 10.1. The topological polar surface area (TPSA) is 68.5 Å². The molecule has 1 fully saturated rings. The van der Waals surface area contributed by atoms with Gasteiger partial charge in [-0.2, -0.15) is 4.98 Å². The Morgan fingerprint density at radius 3 is 2.76 bits per heavy atom. The molecule has 3 aromatic rings. The fourth-order valence-corrected chi connectivity index (χ4v) is 3.71. The molecule has 2 heterocycles. The average molecular weight is 412 g/mol. The second-order valence-corrected chi connectivity index (χ2v) is 7.60. The van der Waals surface area contributed by atoms with Crippen molar-refractivity contribution in [1.82, 2.24) is 10.1 Å².